The molecule has 0 radical (unpaired) electrons. The number of likely N-dealkylation sites (tertiary alicyclic amines) is 1. The predicted octanol–water partition coefficient (Wildman–Crippen LogP) is 2.05. The molecule has 138 valence electrons. The first kappa shape index (κ1) is 17.0. The minimum atomic E-state index is -0.374. The highest BCUT2D eigenvalue weighted by Crippen LogP contribution is 2.30. The summed E-state index contributed by atoms with van der Waals surface area (Å²) in [5.74, 6) is 1.64. The van der Waals surface area contributed by atoms with Gasteiger partial charge in [-0.15, -0.1) is 0 Å². The monoisotopic (exact) mass is 360 g/mol. The van der Waals surface area contributed by atoms with Crippen LogP contribution in [0.15, 0.2) is 12.1 Å². The van der Waals surface area contributed by atoms with Crippen molar-refractivity contribution in [1.82, 2.24) is 19.9 Å². The number of ether oxygens (including phenoxy) is 3. The molecular formula is C18H21FN4O3. The maximum atomic E-state index is 14.3. The van der Waals surface area contributed by atoms with Gasteiger partial charge in [-0.2, -0.15) is 4.98 Å². The van der Waals surface area contributed by atoms with Gasteiger partial charge in [-0.1, -0.05) is 0 Å². The average Bonchev–Trinajstić information content (AvgIpc) is 3.01. The summed E-state index contributed by atoms with van der Waals surface area (Å²) in [6, 6.07) is 3.19. The first-order valence-electron chi connectivity index (χ1n) is 8.73. The molecule has 2 aliphatic heterocycles. The number of halogens is 1. The van der Waals surface area contributed by atoms with Crippen molar-refractivity contribution in [2.24, 2.45) is 0 Å². The van der Waals surface area contributed by atoms with Gasteiger partial charge in [0, 0.05) is 37.5 Å². The van der Waals surface area contributed by atoms with Gasteiger partial charge in [0.05, 0.1) is 5.69 Å². The third-order valence-electron chi connectivity index (χ3n) is 4.39. The first-order valence-corrected chi connectivity index (χ1v) is 8.73. The summed E-state index contributed by atoms with van der Waals surface area (Å²) in [7, 11) is 0. The predicted molar refractivity (Wildman–Crippen MR) is 91.0 cm³/mol. The largest absolute Gasteiger partial charge is 0.484 e. The van der Waals surface area contributed by atoms with Crippen molar-refractivity contribution >= 4 is 0 Å². The van der Waals surface area contributed by atoms with Crippen molar-refractivity contribution in [1.29, 1.82) is 0 Å². The van der Waals surface area contributed by atoms with Crippen LogP contribution in [0.5, 0.6) is 17.5 Å². The highest BCUT2D eigenvalue weighted by Gasteiger charge is 2.27. The van der Waals surface area contributed by atoms with Gasteiger partial charge in [-0.25, -0.2) is 14.4 Å². The summed E-state index contributed by atoms with van der Waals surface area (Å²) in [6.45, 7) is 6.52. The molecule has 0 bridgehead atoms. The molecule has 0 unspecified atom stereocenters. The smallest absolute Gasteiger partial charge is 0.257 e. The van der Waals surface area contributed by atoms with Crippen molar-refractivity contribution < 1.29 is 18.6 Å². The maximum absolute atomic E-state index is 14.3. The fourth-order valence-corrected chi connectivity index (χ4v) is 3.26. The third kappa shape index (κ3) is 3.70. The summed E-state index contributed by atoms with van der Waals surface area (Å²) < 4.78 is 31.1. The minimum absolute atomic E-state index is 0.0176. The number of nitrogens with zero attached hydrogens (tertiary/aromatic N) is 4. The van der Waals surface area contributed by atoms with E-state index < -0.39 is 0 Å². The van der Waals surface area contributed by atoms with Gasteiger partial charge in [0.1, 0.15) is 31.0 Å². The zero-order valence-corrected chi connectivity index (χ0v) is 14.9. The number of hydrogen-bond acceptors (Lipinski definition) is 7. The molecule has 1 saturated heterocycles. The van der Waals surface area contributed by atoms with Crippen LogP contribution in [0.2, 0.25) is 0 Å². The van der Waals surface area contributed by atoms with Crippen molar-refractivity contribution in [2.75, 3.05) is 26.3 Å². The van der Waals surface area contributed by atoms with E-state index in [1.165, 1.54) is 6.07 Å². The number of fused-ring (bicyclic) bond motifs is 1. The maximum Gasteiger partial charge on any atom is 0.257 e. The summed E-state index contributed by atoms with van der Waals surface area (Å²) >= 11 is 0. The van der Waals surface area contributed by atoms with Gasteiger partial charge in [0.2, 0.25) is 5.88 Å². The van der Waals surface area contributed by atoms with Gasteiger partial charge in [-0.05, 0) is 20.3 Å². The Balaban J connectivity index is 1.40. The Hall–Kier alpha value is -2.48. The van der Waals surface area contributed by atoms with E-state index in [1.54, 1.807) is 0 Å². The molecule has 2 aromatic heterocycles. The molecule has 4 rings (SSSR count). The van der Waals surface area contributed by atoms with E-state index in [9.17, 15) is 4.39 Å². The van der Waals surface area contributed by atoms with Crippen LogP contribution in [0.4, 0.5) is 4.39 Å². The lowest BCUT2D eigenvalue weighted by molar-refractivity contribution is 0.161. The van der Waals surface area contributed by atoms with E-state index in [2.05, 4.69) is 19.9 Å². The van der Waals surface area contributed by atoms with Gasteiger partial charge in [0.25, 0.3) is 5.88 Å². The fraction of sp³-hybridized carbons (Fsp3) is 0.500. The van der Waals surface area contributed by atoms with Gasteiger partial charge in [0.15, 0.2) is 5.75 Å². The summed E-state index contributed by atoms with van der Waals surface area (Å²) in [5, 5.41) is 0. The van der Waals surface area contributed by atoms with Crippen molar-refractivity contribution in [3.05, 3.63) is 35.2 Å². The first-order chi connectivity index (χ1) is 12.6. The highest BCUT2D eigenvalue weighted by atomic mass is 19.1. The van der Waals surface area contributed by atoms with Gasteiger partial charge >= 0.3 is 0 Å². The molecule has 0 saturated carbocycles. The topological polar surface area (TPSA) is 69.6 Å². The number of aromatic nitrogens is 3. The van der Waals surface area contributed by atoms with Crippen LogP contribution in [0.3, 0.4) is 0 Å². The molecule has 4 heterocycles. The normalized spacial score (nSPS) is 19.6. The standard InChI is InChI=1S/C18H21FN4O3/c1-11-7-17(21-12(2)20-11)26-13-3-4-23(9-13)10-15-14(19)8-16-18(22-15)25-6-5-24-16/h7-8,13H,3-6,9-10H2,1-2H3/t13-/m1/s1. The van der Waals surface area contributed by atoms with Crippen molar-refractivity contribution in [3.63, 3.8) is 0 Å². The molecule has 0 N–H and O–H groups in total. The Morgan fingerprint density at radius 1 is 1.19 bits per heavy atom. The molecule has 0 aliphatic carbocycles. The molecule has 0 spiro atoms. The molecule has 7 nitrogen and oxygen atoms in total. The van der Waals surface area contributed by atoms with Crippen LogP contribution in [0.25, 0.3) is 0 Å². The Labute approximate surface area is 151 Å². The number of aryl methyl sites for hydroxylation is 2. The lowest BCUT2D eigenvalue weighted by atomic mass is 10.3. The van der Waals surface area contributed by atoms with Crippen LogP contribution in [0.1, 0.15) is 23.6 Å². The molecular weight excluding hydrogens is 339 g/mol. The van der Waals surface area contributed by atoms with Crippen LogP contribution in [-0.4, -0.2) is 52.3 Å². The van der Waals surface area contributed by atoms with E-state index in [0.717, 1.165) is 18.7 Å². The van der Waals surface area contributed by atoms with E-state index in [0.29, 0.717) is 55.3 Å². The zero-order valence-electron chi connectivity index (χ0n) is 14.9. The fourth-order valence-electron chi connectivity index (χ4n) is 3.26. The molecule has 2 aliphatic rings. The molecule has 8 heteroatoms. The SMILES string of the molecule is Cc1cc(O[C@@H]2CCN(Cc3nc4c(cc3F)OCCO4)C2)nc(C)n1. The average molecular weight is 360 g/mol. The lowest BCUT2D eigenvalue weighted by Crippen LogP contribution is -2.26. The molecule has 1 fully saturated rings. The molecule has 0 aromatic carbocycles. The molecule has 1 atom stereocenters. The zero-order chi connectivity index (χ0) is 18.1. The Bertz CT molecular complexity index is 797. The molecule has 0 amide bonds. The van der Waals surface area contributed by atoms with Gasteiger partial charge < -0.3 is 14.2 Å². The Kier molecular flexibility index (Phi) is 4.58. The van der Waals surface area contributed by atoms with Crippen LogP contribution >= 0.6 is 0 Å². The second-order valence-corrected chi connectivity index (χ2v) is 6.58. The molecule has 2 aromatic rings. The van der Waals surface area contributed by atoms with Crippen molar-refractivity contribution in [2.45, 2.75) is 32.9 Å². The highest BCUT2D eigenvalue weighted by molar-refractivity contribution is 5.36. The summed E-state index contributed by atoms with van der Waals surface area (Å²) in [4.78, 5) is 15.0. The van der Waals surface area contributed by atoms with Crippen LogP contribution < -0.4 is 14.2 Å². The summed E-state index contributed by atoms with van der Waals surface area (Å²) in [6.07, 6.45) is 0.873. The van der Waals surface area contributed by atoms with E-state index in [4.69, 9.17) is 14.2 Å². The van der Waals surface area contributed by atoms with E-state index in [1.807, 2.05) is 19.9 Å². The second-order valence-electron chi connectivity index (χ2n) is 6.58. The number of rotatable bonds is 4. The van der Waals surface area contributed by atoms with E-state index in [-0.39, 0.29) is 11.9 Å². The Morgan fingerprint density at radius 3 is 2.88 bits per heavy atom. The van der Waals surface area contributed by atoms with Crippen LogP contribution in [0, 0.1) is 19.7 Å². The van der Waals surface area contributed by atoms with Crippen LogP contribution in [-0.2, 0) is 6.54 Å². The lowest BCUT2D eigenvalue weighted by Gasteiger charge is -2.20. The minimum Gasteiger partial charge on any atom is -0.484 e. The quantitative estimate of drug-likeness (QED) is 0.826. The van der Waals surface area contributed by atoms with E-state index >= 15 is 0 Å². The number of hydrogen-bond donors (Lipinski definition) is 0. The molecule has 26 heavy (non-hydrogen) atoms. The second kappa shape index (κ2) is 7.03. The number of pyridine rings is 1. The Morgan fingerprint density at radius 2 is 2.04 bits per heavy atom. The van der Waals surface area contributed by atoms with Crippen molar-refractivity contribution in [3.8, 4) is 17.5 Å². The summed E-state index contributed by atoms with van der Waals surface area (Å²) in [5.41, 5.74) is 1.24. The van der Waals surface area contributed by atoms with Gasteiger partial charge in [-0.3, -0.25) is 4.90 Å². The third-order valence-corrected chi connectivity index (χ3v) is 4.39.